The Morgan fingerprint density at radius 1 is 1.12 bits per heavy atom. The first-order valence-corrected chi connectivity index (χ1v) is 13.5. The summed E-state index contributed by atoms with van der Waals surface area (Å²) < 4.78 is 6.70. The van der Waals surface area contributed by atoms with Crippen LogP contribution in [0.1, 0.15) is 87.5 Å². The van der Waals surface area contributed by atoms with Gasteiger partial charge in [-0.25, -0.2) is 0 Å². The molecule has 2 N–H and O–H groups in total. The zero-order valence-corrected chi connectivity index (χ0v) is 20.2. The predicted octanol–water partition coefficient (Wildman–Crippen LogP) is 5.75. The molecule has 0 heterocycles. The molecule has 26 heavy (non-hydrogen) atoms. The van der Waals surface area contributed by atoms with Gasteiger partial charge in [-0.05, 0) is 81.3 Å². The van der Waals surface area contributed by atoms with Gasteiger partial charge >= 0.3 is 0 Å². The van der Waals surface area contributed by atoms with Crippen molar-refractivity contribution >= 4 is 8.32 Å². The summed E-state index contributed by atoms with van der Waals surface area (Å²) in [7, 11) is -1.85. The third kappa shape index (κ3) is 4.92. The van der Waals surface area contributed by atoms with Gasteiger partial charge in [-0.1, -0.05) is 41.5 Å². The molecular formula is C22H46O3Si. The van der Waals surface area contributed by atoms with Gasteiger partial charge < -0.3 is 14.6 Å². The Morgan fingerprint density at radius 3 is 2.08 bits per heavy atom. The Bertz CT molecular complexity index is 466. The van der Waals surface area contributed by atoms with Crippen LogP contribution >= 0.6 is 0 Å². The molecule has 0 aromatic heterocycles. The van der Waals surface area contributed by atoms with Crippen LogP contribution in [0, 0.1) is 17.3 Å². The fourth-order valence-electron chi connectivity index (χ4n) is 4.72. The molecule has 0 radical (unpaired) electrons. The van der Waals surface area contributed by atoms with Crippen molar-refractivity contribution in [2.75, 3.05) is 6.61 Å². The van der Waals surface area contributed by atoms with E-state index in [2.05, 4.69) is 68.5 Å². The van der Waals surface area contributed by atoms with Crippen LogP contribution in [-0.2, 0) is 4.43 Å². The molecule has 3 atom stereocenters. The average molecular weight is 387 g/mol. The van der Waals surface area contributed by atoms with Crippen molar-refractivity contribution in [2.45, 2.75) is 117 Å². The number of rotatable bonds is 8. The smallest absolute Gasteiger partial charge is 0.192 e. The van der Waals surface area contributed by atoms with Crippen molar-refractivity contribution in [3.63, 3.8) is 0 Å². The minimum Gasteiger partial charge on any atom is -0.412 e. The molecule has 0 aliphatic heterocycles. The van der Waals surface area contributed by atoms with Crippen LogP contribution in [0.3, 0.4) is 0 Å². The summed E-state index contributed by atoms with van der Waals surface area (Å²) in [5.74, 6) is 0.743. The van der Waals surface area contributed by atoms with E-state index >= 15 is 0 Å². The largest absolute Gasteiger partial charge is 0.412 e. The first kappa shape index (κ1) is 24.1. The lowest BCUT2D eigenvalue weighted by atomic mass is 9.65. The molecule has 1 fully saturated rings. The molecular weight excluding hydrogens is 340 g/mol. The van der Waals surface area contributed by atoms with Crippen LogP contribution in [0.5, 0.6) is 0 Å². The minimum absolute atomic E-state index is 0.146. The molecule has 0 aromatic carbocycles. The Labute approximate surface area is 164 Å². The van der Waals surface area contributed by atoms with Gasteiger partial charge in [-0.15, -0.1) is 0 Å². The fourth-order valence-corrected chi connectivity index (χ4v) is 6.51. The van der Waals surface area contributed by atoms with Crippen molar-refractivity contribution in [2.24, 2.45) is 17.3 Å². The Hall–Kier alpha value is 0.0969. The standard InChI is InChI=1S/C22H46O3Si/c1-17(2)18-11-12-21(8,15-16-23)22(18,24)14-13-20(6,7)25-26(9,10)19(3,4)5/h17-18,23-24H,11-16H2,1-10H3/t18-,21-,22+/m0/s1. The highest BCUT2D eigenvalue weighted by Gasteiger charge is 2.57. The first-order chi connectivity index (χ1) is 11.5. The van der Waals surface area contributed by atoms with Crippen molar-refractivity contribution in [3.8, 4) is 0 Å². The zero-order chi connectivity index (χ0) is 20.6. The first-order valence-electron chi connectivity index (χ1n) is 10.5. The van der Waals surface area contributed by atoms with Crippen molar-refractivity contribution in [1.29, 1.82) is 0 Å². The predicted molar refractivity (Wildman–Crippen MR) is 114 cm³/mol. The van der Waals surface area contributed by atoms with Crippen molar-refractivity contribution in [1.82, 2.24) is 0 Å². The molecule has 3 nitrogen and oxygen atoms in total. The number of hydrogen-bond acceptors (Lipinski definition) is 3. The molecule has 0 saturated heterocycles. The fraction of sp³-hybridized carbons (Fsp3) is 1.00. The van der Waals surface area contributed by atoms with E-state index in [9.17, 15) is 10.2 Å². The van der Waals surface area contributed by atoms with Gasteiger partial charge in [-0.3, -0.25) is 0 Å². The van der Waals surface area contributed by atoms with Gasteiger partial charge in [-0.2, -0.15) is 0 Å². The minimum atomic E-state index is -1.85. The molecule has 1 aliphatic rings. The normalized spacial score (nSPS) is 31.0. The second-order valence-electron chi connectivity index (χ2n) is 11.5. The second kappa shape index (κ2) is 7.85. The zero-order valence-electron chi connectivity index (χ0n) is 19.2. The third-order valence-corrected chi connectivity index (χ3v) is 12.3. The lowest BCUT2D eigenvalue weighted by molar-refractivity contribution is -0.117. The van der Waals surface area contributed by atoms with Gasteiger partial charge in [0, 0.05) is 6.61 Å². The maximum absolute atomic E-state index is 11.8. The van der Waals surface area contributed by atoms with Gasteiger partial charge in [0.25, 0.3) is 0 Å². The van der Waals surface area contributed by atoms with E-state index in [0.29, 0.717) is 18.3 Å². The second-order valence-corrected chi connectivity index (χ2v) is 16.2. The van der Waals surface area contributed by atoms with Crippen LogP contribution < -0.4 is 0 Å². The van der Waals surface area contributed by atoms with Gasteiger partial charge in [0.15, 0.2) is 8.32 Å². The molecule has 4 heteroatoms. The molecule has 1 saturated carbocycles. The number of aliphatic hydroxyl groups excluding tert-OH is 1. The van der Waals surface area contributed by atoms with Crippen LogP contribution in [0.4, 0.5) is 0 Å². The lowest BCUT2D eigenvalue weighted by Crippen LogP contribution is -2.51. The quantitative estimate of drug-likeness (QED) is 0.522. The van der Waals surface area contributed by atoms with E-state index in [0.717, 1.165) is 25.7 Å². The molecule has 1 rings (SSSR count). The van der Waals surface area contributed by atoms with Gasteiger partial charge in [0.05, 0.1) is 11.2 Å². The van der Waals surface area contributed by atoms with Crippen molar-refractivity contribution in [3.05, 3.63) is 0 Å². The van der Waals surface area contributed by atoms with E-state index in [4.69, 9.17) is 4.43 Å². The van der Waals surface area contributed by atoms with E-state index < -0.39 is 13.9 Å². The van der Waals surface area contributed by atoms with Crippen molar-refractivity contribution < 1.29 is 14.6 Å². The maximum Gasteiger partial charge on any atom is 0.192 e. The molecule has 0 unspecified atom stereocenters. The van der Waals surface area contributed by atoms with E-state index in [1.165, 1.54) is 0 Å². The number of hydrogen-bond donors (Lipinski definition) is 2. The van der Waals surface area contributed by atoms with Crippen LogP contribution in [0.2, 0.25) is 18.1 Å². The van der Waals surface area contributed by atoms with E-state index in [1.807, 2.05) is 0 Å². The molecule has 0 bridgehead atoms. The summed E-state index contributed by atoms with van der Waals surface area (Å²) in [5, 5.41) is 21.6. The van der Waals surface area contributed by atoms with E-state index in [1.54, 1.807) is 0 Å². The highest BCUT2D eigenvalue weighted by atomic mass is 28.4. The molecule has 1 aliphatic carbocycles. The Kier molecular flexibility index (Phi) is 7.28. The van der Waals surface area contributed by atoms with Crippen LogP contribution in [-0.4, -0.2) is 36.3 Å². The Balaban J connectivity index is 2.98. The SMILES string of the molecule is CC(C)[C@@H]1CC[C@@](C)(CCO)[C@@]1(O)CCC(C)(C)O[Si](C)(C)C(C)(C)C. The summed E-state index contributed by atoms with van der Waals surface area (Å²) in [6, 6.07) is 0. The summed E-state index contributed by atoms with van der Waals surface area (Å²) in [4.78, 5) is 0. The van der Waals surface area contributed by atoms with Crippen LogP contribution in [0.15, 0.2) is 0 Å². The summed E-state index contributed by atoms with van der Waals surface area (Å²) >= 11 is 0. The summed E-state index contributed by atoms with van der Waals surface area (Å²) in [6.07, 6.45) is 4.31. The van der Waals surface area contributed by atoms with Gasteiger partial charge in [0.2, 0.25) is 0 Å². The summed E-state index contributed by atoms with van der Waals surface area (Å²) in [5.41, 5.74) is -1.18. The maximum atomic E-state index is 11.8. The third-order valence-electron chi connectivity index (χ3n) is 7.58. The average Bonchev–Trinajstić information content (AvgIpc) is 2.68. The number of aliphatic hydroxyl groups is 2. The highest BCUT2D eigenvalue weighted by Crippen LogP contribution is 2.57. The van der Waals surface area contributed by atoms with Gasteiger partial charge in [0.1, 0.15) is 0 Å². The molecule has 0 aromatic rings. The lowest BCUT2D eigenvalue weighted by Gasteiger charge is -2.47. The highest BCUT2D eigenvalue weighted by molar-refractivity contribution is 6.74. The molecule has 156 valence electrons. The van der Waals surface area contributed by atoms with Crippen LogP contribution in [0.25, 0.3) is 0 Å². The monoisotopic (exact) mass is 386 g/mol. The summed E-state index contributed by atoms with van der Waals surface area (Å²) in [6.45, 7) is 22.5. The molecule has 0 spiro atoms. The topological polar surface area (TPSA) is 49.7 Å². The molecule has 0 amide bonds. The van der Waals surface area contributed by atoms with E-state index in [-0.39, 0.29) is 22.7 Å². The Morgan fingerprint density at radius 2 is 1.65 bits per heavy atom.